The molecular weight excluding hydrogens is 205 g/mol. The number of rotatable bonds is 2. The van der Waals surface area contributed by atoms with Crippen molar-refractivity contribution < 1.29 is 0 Å². The first-order valence-corrected chi connectivity index (χ1v) is 6.72. The van der Waals surface area contributed by atoms with Crippen LogP contribution in [0, 0.1) is 0 Å². The van der Waals surface area contributed by atoms with Gasteiger partial charge in [0, 0.05) is 15.9 Å². The largest absolute Gasteiger partial charge is 0.0948 e. The third-order valence-corrected chi connectivity index (χ3v) is 3.52. The minimum Gasteiger partial charge on any atom is -0.0948 e. The molecule has 1 aromatic carbocycles. The summed E-state index contributed by atoms with van der Waals surface area (Å²) in [4.78, 5) is 0. The van der Waals surface area contributed by atoms with Crippen LogP contribution in [0.1, 0.15) is 0 Å². The van der Waals surface area contributed by atoms with Crippen LogP contribution in [-0.4, -0.2) is 0 Å². The number of hydrogen-bond donors (Lipinski definition) is 0. The Morgan fingerprint density at radius 1 is 0.800 bits per heavy atom. The SMILES string of the molecule is ClPc1ccc(PCl)cc1. The monoisotopic (exact) mass is 210 g/mol. The maximum absolute atomic E-state index is 5.62. The Bertz CT molecular complexity index is 174. The summed E-state index contributed by atoms with van der Waals surface area (Å²) in [6.07, 6.45) is 0. The van der Waals surface area contributed by atoms with Crippen molar-refractivity contribution in [1.82, 2.24) is 0 Å². The van der Waals surface area contributed by atoms with E-state index in [2.05, 4.69) is 0 Å². The Morgan fingerprint density at radius 2 is 1.10 bits per heavy atom. The van der Waals surface area contributed by atoms with Gasteiger partial charge in [0.15, 0.2) is 0 Å². The molecule has 2 unspecified atom stereocenters. The normalized spacial score (nSPS) is 12.2. The van der Waals surface area contributed by atoms with Crippen molar-refractivity contribution in [2.45, 2.75) is 0 Å². The van der Waals surface area contributed by atoms with Gasteiger partial charge < -0.3 is 0 Å². The smallest absolute Gasteiger partial charge is 0.00659 e. The lowest BCUT2D eigenvalue weighted by molar-refractivity contribution is 1.86. The second kappa shape index (κ2) is 4.52. The Hall–Kier alpha value is 0.660. The third kappa shape index (κ3) is 2.36. The Kier molecular flexibility index (Phi) is 3.96. The van der Waals surface area contributed by atoms with Gasteiger partial charge in [0.05, 0.1) is 0 Å². The van der Waals surface area contributed by atoms with Crippen LogP contribution in [-0.2, 0) is 0 Å². The van der Waals surface area contributed by atoms with Gasteiger partial charge in [-0.3, -0.25) is 0 Å². The van der Waals surface area contributed by atoms with Crippen molar-refractivity contribution in [2.24, 2.45) is 0 Å². The molecule has 0 saturated carbocycles. The van der Waals surface area contributed by atoms with Gasteiger partial charge in [-0.05, 0) is 10.6 Å². The molecule has 1 rings (SSSR count). The van der Waals surface area contributed by atoms with Crippen molar-refractivity contribution in [2.75, 3.05) is 0 Å². The second-order valence-corrected chi connectivity index (χ2v) is 4.43. The maximum atomic E-state index is 5.62. The summed E-state index contributed by atoms with van der Waals surface area (Å²) >= 11 is 11.2. The minimum absolute atomic E-state index is 0.360. The lowest BCUT2D eigenvalue weighted by Gasteiger charge is -1.95. The molecule has 0 aliphatic rings. The average Bonchev–Trinajstić information content (AvgIpc) is 2.05. The van der Waals surface area contributed by atoms with Gasteiger partial charge in [-0.25, -0.2) is 0 Å². The summed E-state index contributed by atoms with van der Waals surface area (Å²) in [5.74, 6) is 0. The Balaban J connectivity index is 2.80. The molecule has 0 heterocycles. The first-order valence-electron chi connectivity index (χ1n) is 2.70. The maximum Gasteiger partial charge on any atom is 0.00659 e. The van der Waals surface area contributed by atoms with Crippen molar-refractivity contribution in [1.29, 1.82) is 0 Å². The highest BCUT2D eigenvalue weighted by atomic mass is 35.7. The molecule has 0 radical (unpaired) electrons. The van der Waals surface area contributed by atoms with E-state index in [0.29, 0.717) is 15.9 Å². The predicted octanol–water partition coefficient (Wildman–Crippen LogP) is 2.60. The molecule has 0 aliphatic carbocycles. The number of halogens is 2. The predicted molar refractivity (Wildman–Crippen MR) is 54.0 cm³/mol. The zero-order chi connectivity index (χ0) is 7.40. The molecule has 0 aliphatic heterocycles. The standard InChI is InChI=1S/C6H6Cl2P2/c7-9-5-1-2-6(10-8)4-3-5/h1-4,9-10H. The highest BCUT2D eigenvalue weighted by Gasteiger charge is 1.90. The van der Waals surface area contributed by atoms with Crippen LogP contribution in [0.4, 0.5) is 0 Å². The van der Waals surface area contributed by atoms with Crippen LogP contribution in [0.15, 0.2) is 24.3 Å². The van der Waals surface area contributed by atoms with Crippen molar-refractivity contribution in [3.05, 3.63) is 24.3 Å². The van der Waals surface area contributed by atoms with Crippen LogP contribution in [0.25, 0.3) is 0 Å². The van der Waals surface area contributed by atoms with Crippen LogP contribution >= 0.6 is 38.3 Å². The lowest BCUT2D eigenvalue weighted by Crippen LogP contribution is -1.97. The highest BCUT2D eigenvalue weighted by molar-refractivity contribution is 7.75. The van der Waals surface area contributed by atoms with E-state index in [1.54, 1.807) is 0 Å². The van der Waals surface area contributed by atoms with Crippen LogP contribution in [0.2, 0.25) is 0 Å². The lowest BCUT2D eigenvalue weighted by atomic mass is 10.4. The molecule has 0 N–H and O–H groups in total. The molecule has 0 bridgehead atoms. The Labute approximate surface area is 73.5 Å². The molecule has 0 spiro atoms. The molecule has 0 nitrogen and oxygen atoms in total. The third-order valence-electron chi connectivity index (χ3n) is 1.10. The van der Waals surface area contributed by atoms with Crippen LogP contribution < -0.4 is 10.6 Å². The number of hydrogen-bond acceptors (Lipinski definition) is 0. The molecule has 4 heteroatoms. The van der Waals surface area contributed by atoms with E-state index in [-0.39, 0.29) is 0 Å². The van der Waals surface area contributed by atoms with Crippen molar-refractivity contribution >= 4 is 49.0 Å². The molecular formula is C6H6Cl2P2. The zero-order valence-corrected chi connectivity index (χ0v) is 8.58. The Morgan fingerprint density at radius 3 is 1.30 bits per heavy atom. The first kappa shape index (κ1) is 8.75. The highest BCUT2D eigenvalue weighted by Crippen LogP contribution is 2.17. The van der Waals surface area contributed by atoms with Gasteiger partial charge in [-0.1, -0.05) is 46.7 Å². The van der Waals surface area contributed by atoms with Gasteiger partial charge in [0.1, 0.15) is 0 Å². The molecule has 2 atom stereocenters. The summed E-state index contributed by atoms with van der Waals surface area (Å²) in [5.41, 5.74) is 0. The van der Waals surface area contributed by atoms with E-state index in [1.165, 1.54) is 10.6 Å². The molecule has 0 saturated heterocycles. The summed E-state index contributed by atoms with van der Waals surface area (Å²) in [5, 5.41) is 2.33. The fourth-order valence-electron chi connectivity index (χ4n) is 0.596. The number of benzene rings is 1. The molecule has 54 valence electrons. The van der Waals surface area contributed by atoms with Gasteiger partial charge in [0.25, 0.3) is 0 Å². The van der Waals surface area contributed by atoms with E-state index in [1.807, 2.05) is 24.3 Å². The molecule has 0 fully saturated rings. The molecule has 10 heavy (non-hydrogen) atoms. The van der Waals surface area contributed by atoms with E-state index in [0.717, 1.165) is 0 Å². The van der Waals surface area contributed by atoms with Gasteiger partial charge >= 0.3 is 0 Å². The van der Waals surface area contributed by atoms with Gasteiger partial charge in [-0.15, -0.1) is 0 Å². The molecule has 0 amide bonds. The van der Waals surface area contributed by atoms with E-state index < -0.39 is 0 Å². The summed E-state index contributed by atoms with van der Waals surface area (Å²) < 4.78 is 0. The fraction of sp³-hybridized carbons (Fsp3) is 0. The van der Waals surface area contributed by atoms with E-state index >= 15 is 0 Å². The topological polar surface area (TPSA) is 0 Å². The fourth-order valence-corrected chi connectivity index (χ4v) is 1.94. The summed E-state index contributed by atoms with van der Waals surface area (Å²) in [7, 11) is 0.720. The quantitative estimate of drug-likeness (QED) is 0.659. The van der Waals surface area contributed by atoms with Crippen LogP contribution in [0.3, 0.4) is 0 Å². The second-order valence-electron chi connectivity index (χ2n) is 1.77. The summed E-state index contributed by atoms with van der Waals surface area (Å²) in [6.45, 7) is 0. The average molecular weight is 211 g/mol. The molecule has 0 aromatic heterocycles. The van der Waals surface area contributed by atoms with Gasteiger partial charge in [-0.2, -0.15) is 0 Å². The van der Waals surface area contributed by atoms with Gasteiger partial charge in [0.2, 0.25) is 0 Å². The summed E-state index contributed by atoms with van der Waals surface area (Å²) in [6, 6.07) is 8.04. The van der Waals surface area contributed by atoms with E-state index in [9.17, 15) is 0 Å². The molecule has 1 aromatic rings. The van der Waals surface area contributed by atoms with Crippen molar-refractivity contribution in [3.63, 3.8) is 0 Å². The van der Waals surface area contributed by atoms with E-state index in [4.69, 9.17) is 22.5 Å². The van der Waals surface area contributed by atoms with Crippen LogP contribution in [0.5, 0.6) is 0 Å². The zero-order valence-electron chi connectivity index (χ0n) is 5.07. The van der Waals surface area contributed by atoms with Crippen molar-refractivity contribution in [3.8, 4) is 0 Å². The minimum atomic E-state index is 0.360. The first-order chi connectivity index (χ1) is 4.86.